The van der Waals surface area contributed by atoms with Crippen LogP contribution in [0.1, 0.15) is 28.3 Å². The molecule has 1 amide bonds. The normalized spacial score (nSPS) is 18.0. The lowest BCUT2D eigenvalue weighted by Gasteiger charge is -2.17. The van der Waals surface area contributed by atoms with Crippen LogP contribution in [0.15, 0.2) is 53.0 Å². The maximum Gasteiger partial charge on any atom is 0.255 e. The van der Waals surface area contributed by atoms with Crippen LogP contribution in [0, 0.1) is 0 Å². The quantitative estimate of drug-likeness (QED) is 0.754. The van der Waals surface area contributed by atoms with E-state index in [0.29, 0.717) is 16.5 Å². The molecule has 1 fully saturated rings. The molecular formula is C17H15BrClNO. The Kier molecular flexibility index (Phi) is 4.32. The van der Waals surface area contributed by atoms with E-state index in [2.05, 4.69) is 40.2 Å². The highest BCUT2D eigenvalue weighted by atomic mass is 79.9. The highest BCUT2D eigenvalue weighted by molar-refractivity contribution is 9.10. The van der Waals surface area contributed by atoms with E-state index in [1.54, 1.807) is 18.2 Å². The van der Waals surface area contributed by atoms with E-state index in [1.165, 1.54) is 5.56 Å². The average Bonchev–Trinajstić information content (AvgIpc) is 2.97. The number of hydrogen-bond acceptors (Lipinski definition) is 1. The first-order chi connectivity index (χ1) is 10.1. The first-order valence-electron chi connectivity index (χ1n) is 6.94. The fourth-order valence-corrected chi connectivity index (χ4v) is 3.63. The van der Waals surface area contributed by atoms with Crippen molar-refractivity contribution in [2.45, 2.75) is 12.3 Å². The molecule has 1 atom stereocenters. The van der Waals surface area contributed by atoms with Crippen molar-refractivity contribution in [3.63, 3.8) is 0 Å². The van der Waals surface area contributed by atoms with E-state index in [1.807, 2.05) is 11.0 Å². The summed E-state index contributed by atoms with van der Waals surface area (Å²) in [6.07, 6.45) is 1.01. The highest BCUT2D eigenvalue weighted by Gasteiger charge is 2.28. The van der Waals surface area contributed by atoms with E-state index in [0.717, 1.165) is 24.0 Å². The lowest BCUT2D eigenvalue weighted by atomic mass is 9.99. The Morgan fingerprint density at radius 2 is 1.95 bits per heavy atom. The van der Waals surface area contributed by atoms with Gasteiger partial charge in [-0.25, -0.2) is 0 Å². The number of carbonyl (C=O) groups excluding carboxylic acids is 1. The van der Waals surface area contributed by atoms with Gasteiger partial charge in [-0.2, -0.15) is 0 Å². The zero-order valence-corrected chi connectivity index (χ0v) is 13.8. The predicted molar refractivity (Wildman–Crippen MR) is 88.9 cm³/mol. The van der Waals surface area contributed by atoms with Gasteiger partial charge in [0.1, 0.15) is 0 Å². The fourth-order valence-electron chi connectivity index (χ4n) is 2.78. The molecule has 2 nitrogen and oxygen atoms in total. The first-order valence-corrected chi connectivity index (χ1v) is 8.11. The molecule has 1 unspecified atom stereocenters. The van der Waals surface area contributed by atoms with Gasteiger partial charge in [0.05, 0.1) is 5.56 Å². The molecule has 0 aromatic heterocycles. The van der Waals surface area contributed by atoms with Crippen molar-refractivity contribution in [3.05, 3.63) is 69.2 Å². The van der Waals surface area contributed by atoms with E-state index < -0.39 is 0 Å². The topological polar surface area (TPSA) is 20.3 Å². The smallest absolute Gasteiger partial charge is 0.255 e. The van der Waals surface area contributed by atoms with Crippen LogP contribution in [0.2, 0.25) is 5.02 Å². The summed E-state index contributed by atoms with van der Waals surface area (Å²) in [6, 6.07) is 15.7. The molecule has 0 radical (unpaired) electrons. The van der Waals surface area contributed by atoms with Crippen LogP contribution in [0.3, 0.4) is 0 Å². The molecule has 0 aliphatic carbocycles. The number of likely N-dealkylation sites (tertiary alicyclic amines) is 1. The molecule has 4 heteroatoms. The van der Waals surface area contributed by atoms with Crippen molar-refractivity contribution in [1.82, 2.24) is 4.90 Å². The SMILES string of the molecule is O=C(c1ccc(Cl)cc1Br)N1CCC(c2ccccc2)C1. The molecule has 3 rings (SSSR count). The van der Waals surface area contributed by atoms with Gasteiger partial charge in [0.15, 0.2) is 0 Å². The zero-order valence-electron chi connectivity index (χ0n) is 11.4. The number of benzene rings is 2. The predicted octanol–water partition coefficient (Wildman–Crippen LogP) is 4.73. The molecule has 1 saturated heterocycles. The summed E-state index contributed by atoms with van der Waals surface area (Å²) >= 11 is 9.35. The Balaban J connectivity index is 1.75. The maximum atomic E-state index is 12.6. The minimum absolute atomic E-state index is 0.0666. The number of carbonyl (C=O) groups is 1. The lowest BCUT2D eigenvalue weighted by Crippen LogP contribution is -2.28. The molecule has 0 spiro atoms. The van der Waals surface area contributed by atoms with Crippen LogP contribution in [0.25, 0.3) is 0 Å². The largest absolute Gasteiger partial charge is 0.338 e. The molecule has 1 heterocycles. The van der Waals surface area contributed by atoms with Crippen molar-refractivity contribution in [2.24, 2.45) is 0 Å². The number of nitrogens with zero attached hydrogens (tertiary/aromatic N) is 1. The molecule has 2 aromatic rings. The molecule has 0 bridgehead atoms. The Bertz CT molecular complexity index is 659. The van der Waals surface area contributed by atoms with Crippen LogP contribution in [0.4, 0.5) is 0 Å². The van der Waals surface area contributed by atoms with Crippen molar-refractivity contribution in [2.75, 3.05) is 13.1 Å². The molecule has 1 aliphatic heterocycles. The molecule has 108 valence electrons. The van der Waals surface area contributed by atoms with Crippen LogP contribution in [-0.4, -0.2) is 23.9 Å². The Morgan fingerprint density at radius 1 is 1.19 bits per heavy atom. The number of hydrogen-bond donors (Lipinski definition) is 0. The third kappa shape index (κ3) is 3.14. The second-order valence-electron chi connectivity index (χ2n) is 5.27. The average molecular weight is 365 g/mol. The molecular weight excluding hydrogens is 350 g/mol. The standard InChI is InChI=1S/C17H15BrClNO/c18-16-10-14(19)6-7-15(16)17(21)20-9-8-13(11-20)12-4-2-1-3-5-12/h1-7,10,13H,8-9,11H2. The van der Waals surface area contributed by atoms with Crippen LogP contribution in [0.5, 0.6) is 0 Å². The number of halogens is 2. The van der Waals surface area contributed by atoms with Gasteiger partial charge in [-0.05, 0) is 46.1 Å². The van der Waals surface area contributed by atoms with Gasteiger partial charge in [-0.3, -0.25) is 4.79 Å². The van der Waals surface area contributed by atoms with E-state index >= 15 is 0 Å². The summed E-state index contributed by atoms with van der Waals surface area (Å²) in [7, 11) is 0. The van der Waals surface area contributed by atoms with Crippen LogP contribution in [-0.2, 0) is 0 Å². The first kappa shape index (κ1) is 14.6. The summed E-state index contributed by atoms with van der Waals surface area (Å²) in [5.41, 5.74) is 1.98. The third-order valence-electron chi connectivity index (χ3n) is 3.91. The van der Waals surface area contributed by atoms with Crippen molar-refractivity contribution >= 4 is 33.4 Å². The van der Waals surface area contributed by atoms with E-state index in [9.17, 15) is 4.79 Å². The molecule has 2 aromatic carbocycles. The second-order valence-corrected chi connectivity index (χ2v) is 6.56. The third-order valence-corrected chi connectivity index (χ3v) is 4.80. The van der Waals surface area contributed by atoms with Gasteiger partial charge in [0.25, 0.3) is 5.91 Å². The Morgan fingerprint density at radius 3 is 2.67 bits per heavy atom. The minimum Gasteiger partial charge on any atom is -0.338 e. The van der Waals surface area contributed by atoms with Gasteiger partial charge in [-0.15, -0.1) is 0 Å². The molecule has 0 N–H and O–H groups in total. The summed E-state index contributed by atoms with van der Waals surface area (Å²) in [5.74, 6) is 0.498. The zero-order chi connectivity index (χ0) is 14.8. The highest BCUT2D eigenvalue weighted by Crippen LogP contribution is 2.30. The number of rotatable bonds is 2. The molecule has 21 heavy (non-hydrogen) atoms. The molecule has 0 saturated carbocycles. The van der Waals surface area contributed by atoms with Gasteiger partial charge < -0.3 is 4.90 Å². The number of amides is 1. The maximum absolute atomic E-state index is 12.6. The second kappa shape index (κ2) is 6.20. The molecule has 1 aliphatic rings. The van der Waals surface area contributed by atoms with Crippen molar-refractivity contribution in [3.8, 4) is 0 Å². The Hall–Kier alpha value is -1.32. The monoisotopic (exact) mass is 363 g/mol. The van der Waals surface area contributed by atoms with Gasteiger partial charge in [-0.1, -0.05) is 41.9 Å². The lowest BCUT2D eigenvalue weighted by molar-refractivity contribution is 0.0790. The van der Waals surface area contributed by atoms with E-state index in [-0.39, 0.29) is 5.91 Å². The van der Waals surface area contributed by atoms with Gasteiger partial charge in [0, 0.05) is 28.5 Å². The van der Waals surface area contributed by atoms with Gasteiger partial charge in [0.2, 0.25) is 0 Å². The van der Waals surface area contributed by atoms with E-state index in [4.69, 9.17) is 11.6 Å². The summed E-state index contributed by atoms with van der Waals surface area (Å²) in [5, 5.41) is 0.627. The minimum atomic E-state index is 0.0666. The van der Waals surface area contributed by atoms with Crippen molar-refractivity contribution in [1.29, 1.82) is 0 Å². The van der Waals surface area contributed by atoms with Gasteiger partial charge >= 0.3 is 0 Å². The fraction of sp³-hybridized carbons (Fsp3) is 0.235. The van der Waals surface area contributed by atoms with Crippen molar-refractivity contribution < 1.29 is 4.79 Å². The summed E-state index contributed by atoms with van der Waals surface area (Å²) in [6.45, 7) is 1.57. The van der Waals surface area contributed by atoms with Crippen LogP contribution < -0.4 is 0 Å². The summed E-state index contributed by atoms with van der Waals surface area (Å²) < 4.78 is 0.753. The van der Waals surface area contributed by atoms with Crippen LogP contribution >= 0.6 is 27.5 Å². The Labute approximate surface area is 137 Å². The summed E-state index contributed by atoms with van der Waals surface area (Å²) in [4.78, 5) is 14.5.